The maximum Gasteiger partial charge on any atom is 0.269 e. The number of amides is 1. The van der Waals surface area contributed by atoms with Crippen LogP contribution < -0.4 is 11.1 Å². The number of carbonyl (C=O) groups is 1. The first-order valence-corrected chi connectivity index (χ1v) is 6.14. The predicted octanol–water partition coefficient (Wildman–Crippen LogP) is 1.67. The van der Waals surface area contributed by atoms with Crippen LogP contribution in [0.15, 0.2) is 24.3 Å². The molecule has 1 aromatic carbocycles. The number of anilines is 1. The Labute approximate surface area is 113 Å². The monoisotopic (exact) mass is 278 g/mol. The van der Waals surface area contributed by atoms with Crippen LogP contribution in [0.5, 0.6) is 0 Å². The second-order valence-corrected chi connectivity index (χ2v) is 4.63. The van der Waals surface area contributed by atoms with E-state index in [2.05, 4.69) is 10.4 Å². The molecule has 20 heavy (non-hydrogen) atoms. The van der Waals surface area contributed by atoms with Crippen molar-refractivity contribution in [1.82, 2.24) is 9.78 Å². The molecule has 2 aromatic rings. The summed E-state index contributed by atoms with van der Waals surface area (Å²) in [6.07, 6.45) is 0.651. The second kappa shape index (κ2) is 4.59. The maximum absolute atomic E-state index is 13.3. The number of nitrogens with one attached hydrogen (secondary N) is 1. The molecule has 0 saturated carbocycles. The lowest BCUT2D eigenvalue weighted by Gasteiger charge is -2.26. The van der Waals surface area contributed by atoms with E-state index in [0.29, 0.717) is 24.3 Å². The number of nitrogens with zero attached hydrogens (tertiary/aromatic N) is 2. The fourth-order valence-corrected chi connectivity index (χ4v) is 2.37. The summed E-state index contributed by atoms with van der Waals surface area (Å²) in [7, 11) is 0. The first-order chi connectivity index (χ1) is 9.56. The molecule has 2 heterocycles. The lowest BCUT2D eigenvalue weighted by Crippen LogP contribution is -2.24. The van der Waals surface area contributed by atoms with Gasteiger partial charge in [0.1, 0.15) is 5.82 Å². The molecule has 0 fully saturated rings. The smallest absolute Gasteiger partial charge is 0.269 e. The quantitative estimate of drug-likeness (QED) is 0.877. The van der Waals surface area contributed by atoms with Crippen LogP contribution in [0.1, 0.15) is 28.5 Å². The van der Waals surface area contributed by atoms with Gasteiger partial charge in [-0.05, 0) is 24.1 Å². The minimum Gasteiger partial charge on any atom is -0.370 e. The highest BCUT2D eigenvalue weighted by Crippen LogP contribution is 2.30. The van der Waals surface area contributed by atoms with Gasteiger partial charge in [-0.2, -0.15) is 5.10 Å². The van der Waals surface area contributed by atoms with E-state index >= 15 is 0 Å². The average molecular weight is 278 g/mol. The fraction of sp³-hybridized carbons (Fsp3) is 0.231. The Kier molecular flexibility index (Phi) is 2.89. The standard InChI is InChI=1S/C13H12F2N4O/c14-8-2-1-7(5-9(8)15)11-3-4-17-12-6-10(13(16)20)18-19(11)12/h1-2,5-6,11,17H,3-4H2,(H2,16,20). The van der Waals surface area contributed by atoms with Gasteiger partial charge in [0.25, 0.3) is 5.91 Å². The Morgan fingerprint density at radius 3 is 2.85 bits per heavy atom. The third-order valence-electron chi connectivity index (χ3n) is 3.34. The third kappa shape index (κ3) is 2.01. The Balaban J connectivity index is 2.04. The highest BCUT2D eigenvalue weighted by Gasteiger charge is 2.25. The predicted molar refractivity (Wildman–Crippen MR) is 68.3 cm³/mol. The minimum atomic E-state index is -0.898. The van der Waals surface area contributed by atoms with Gasteiger partial charge < -0.3 is 11.1 Å². The highest BCUT2D eigenvalue weighted by molar-refractivity contribution is 5.91. The van der Waals surface area contributed by atoms with Crippen molar-refractivity contribution >= 4 is 11.7 Å². The van der Waals surface area contributed by atoms with Gasteiger partial charge in [0.2, 0.25) is 0 Å². The summed E-state index contributed by atoms with van der Waals surface area (Å²) in [6, 6.07) is 5.05. The SMILES string of the molecule is NC(=O)c1cc2n(n1)C(c1ccc(F)c(F)c1)CCN2. The summed E-state index contributed by atoms with van der Waals surface area (Å²) in [4.78, 5) is 11.2. The molecule has 1 aromatic heterocycles. The minimum absolute atomic E-state index is 0.141. The zero-order chi connectivity index (χ0) is 14.3. The zero-order valence-corrected chi connectivity index (χ0v) is 10.4. The molecule has 1 amide bonds. The molecule has 3 rings (SSSR count). The molecule has 0 radical (unpaired) electrons. The Morgan fingerprint density at radius 1 is 1.35 bits per heavy atom. The van der Waals surface area contributed by atoms with Gasteiger partial charge in [-0.1, -0.05) is 6.07 Å². The Hall–Kier alpha value is -2.44. The van der Waals surface area contributed by atoms with E-state index in [0.717, 1.165) is 12.1 Å². The van der Waals surface area contributed by atoms with Crippen LogP contribution in [0.4, 0.5) is 14.6 Å². The molecule has 0 aliphatic carbocycles. The van der Waals surface area contributed by atoms with Crippen molar-refractivity contribution in [2.45, 2.75) is 12.5 Å². The summed E-state index contributed by atoms with van der Waals surface area (Å²) in [5, 5.41) is 7.21. The molecule has 5 nitrogen and oxygen atoms in total. The van der Waals surface area contributed by atoms with Gasteiger partial charge in [-0.15, -0.1) is 0 Å². The normalized spacial score (nSPS) is 17.4. The number of halogens is 2. The molecular formula is C13H12F2N4O. The molecule has 1 atom stereocenters. The maximum atomic E-state index is 13.3. The van der Waals surface area contributed by atoms with Crippen molar-refractivity contribution < 1.29 is 13.6 Å². The van der Waals surface area contributed by atoms with Gasteiger partial charge >= 0.3 is 0 Å². The van der Waals surface area contributed by atoms with Crippen molar-refractivity contribution in [3.05, 3.63) is 47.2 Å². The summed E-state index contributed by atoms with van der Waals surface area (Å²) in [6.45, 7) is 0.646. The summed E-state index contributed by atoms with van der Waals surface area (Å²) < 4.78 is 27.9. The number of nitrogens with two attached hydrogens (primary N) is 1. The highest BCUT2D eigenvalue weighted by atomic mass is 19.2. The van der Waals surface area contributed by atoms with E-state index < -0.39 is 17.5 Å². The van der Waals surface area contributed by atoms with Gasteiger partial charge in [-0.3, -0.25) is 4.79 Å². The van der Waals surface area contributed by atoms with Crippen LogP contribution in [-0.2, 0) is 0 Å². The molecule has 104 valence electrons. The van der Waals surface area contributed by atoms with Gasteiger partial charge in [-0.25, -0.2) is 13.5 Å². The van der Waals surface area contributed by atoms with Crippen molar-refractivity contribution in [3.8, 4) is 0 Å². The number of hydrogen-bond donors (Lipinski definition) is 2. The molecule has 7 heteroatoms. The van der Waals surface area contributed by atoms with E-state index in [1.54, 1.807) is 10.7 Å². The van der Waals surface area contributed by atoms with E-state index in [9.17, 15) is 13.6 Å². The number of primary amides is 1. The van der Waals surface area contributed by atoms with Crippen LogP contribution in [0, 0.1) is 11.6 Å². The van der Waals surface area contributed by atoms with Crippen LogP contribution in [0.25, 0.3) is 0 Å². The number of aromatic nitrogens is 2. The molecular weight excluding hydrogens is 266 g/mol. The van der Waals surface area contributed by atoms with Crippen LogP contribution >= 0.6 is 0 Å². The van der Waals surface area contributed by atoms with Crippen LogP contribution in [-0.4, -0.2) is 22.2 Å². The van der Waals surface area contributed by atoms with Gasteiger partial charge in [0.15, 0.2) is 17.3 Å². The third-order valence-corrected chi connectivity index (χ3v) is 3.34. The van der Waals surface area contributed by atoms with E-state index in [1.165, 1.54) is 6.07 Å². The van der Waals surface area contributed by atoms with Crippen molar-refractivity contribution in [2.24, 2.45) is 5.73 Å². The van der Waals surface area contributed by atoms with Crippen molar-refractivity contribution in [1.29, 1.82) is 0 Å². The van der Waals surface area contributed by atoms with E-state index in [-0.39, 0.29) is 11.7 Å². The summed E-state index contributed by atoms with van der Waals surface area (Å²) in [5.74, 6) is -1.77. The first-order valence-electron chi connectivity index (χ1n) is 6.14. The first kappa shape index (κ1) is 12.6. The molecule has 1 aliphatic heterocycles. The lowest BCUT2D eigenvalue weighted by molar-refractivity contribution is 0.0994. The number of hydrogen-bond acceptors (Lipinski definition) is 3. The molecule has 0 spiro atoms. The summed E-state index contributed by atoms with van der Waals surface area (Å²) >= 11 is 0. The lowest BCUT2D eigenvalue weighted by atomic mass is 10.0. The molecule has 0 saturated heterocycles. The van der Waals surface area contributed by atoms with Crippen molar-refractivity contribution in [2.75, 3.05) is 11.9 Å². The topological polar surface area (TPSA) is 72.9 Å². The molecule has 1 unspecified atom stereocenters. The zero-order valence-electron chi connectivity index (χ0n) is 10.4. The summed E-state index contributed by atoms with van der Waals surface area (Å²) in [5.41, 5.74) is 5.95. The Bertz CT molecular complexity index is 683. The second-order valence-electron chi connectivity index (χ2n) is 4.63. The van der Waals surface area contributed by atoms with E-state index in [4.69, 9.17) is 5.73 Å². The molecule has 0 bridgehead atoms. The van der Waals surface area contributed by atoms with E-state index in [1.807, 2.05) is 0 Å². The van der Waals surface area contributed by atoms with Crippen LogP contribution in [0.3, 0.4) is 0 Å². The number of carbonyl (C=O) groups excluding carboxylic acids is 1. The fourth-order valence-electron chi connectivity index (χ4n) is 2.37. The van der Waals surface area contributed by atoms with Crippen molar-refractivity contribution in [3.63, 3.8) is 0 Å². The van der Waals surface area contributed by atoms with Crippen LogP contribution in [0.2, 0.25) is 0 Å². The average Bonchev–Trinajstić information content (AvgIpc) is 2.86. The largest absolute Gasteiger partial charge is 0.370 e. The Morgan fingerprint density at radius 2 is 2.15 bits per heavy atom. The van der Waals surface area contributed by atoms with Gasteiger partial charge in [0, 0.05) is 12.6 Å². The molecule has 3 N–H and O–H groups in total. The number of rotatable bonds is 2. The molecule has 1 aliphatic rings. The number of fused-ring (bicyclic) bond motifs is 1. The van der Waals surface area contributed by atoms with Gasteiger partial charge in [0.05, 0.1) is 6.04 Å². The number of benzene rings is 1.